The van der Waals surface area contributed by atoms with Gasteiger partial charge >= 0.3 is 125 Å². The number of nitrogens with one attached hydrogen (secondary N) is 2. The predicted molar refractivity (Wildman–Crippen MR) is 77.9 cm³/mol. The fraction of sp³-hybridized carbons (Fsp3) is 0.0714. The molecule has 1 aromatic heterocycles. The van der Waals surface area contributed by atoms with E-state index in [1.165, 1.54) is 12.1 Å². The van der Waals surface area contributed by atoms with E-state index in [9.17, 15) is 9.18 Å². The molecule has 0 aliphatic carbocycles. The van der Waals surface area contributed by atoms with Crippen molar-refractivity contribution in [2.45, 2.75) is 6.04 Å². The Morgan fingerprint density at radius 2 is 2.14 bits per heavy atom. The molecule has 1 amide bonds. The molecule has 0 spiro atoms. The van der Waals surface area contributed by atoms with E-state index in [1.807, 2.05) is 18.2 Å². The number of anilines is 2. The van der Waals surface area contributed by atoms with Crippen molar-refractivity contribution in [3.8, 4) is 0 Å². The van der Waals surface area contributed by atoms with Gasteiger partial charge in [0.05, 0.1) is 0 Å². The number of rotatable bonds is 2. The van der Waals surface area contributed by atoms with Gasteiger partial charge in [-0.2, -0.15) is 0 Å². The Labute approximate surface area is 125 Å². The summed E-state index contributed by atoms with van der Waals surface area (Å²) in [6.45, 7) is 0. The molecule has 7 heteroatoms. The molecule has 21 heavy (non-hydrogen) atoms. The van der Waals surface area contributed by atoms with Crippen molar-refractivity contribution in [3.63, 3.8) is 0 Å². The molecular weight excluding hydrogens is 338 g/mol. The maximum absolute atomic E-state index is 13.4. The van der Waals surface area contributed by atoms with Crippen molar-refractivity contribution in [2.24, 2.45) is 0 Å². The van der Waals surface area contributed by atoms with E-state index < -0.39 is 6.04 Å². The van der Waals surface area contributed by atoms with Gasteiger partial charge in [-0.05, 0) is 0 Å². The van der Waals surface area contributed by atoms with E-state index in [4.69, 9.17) is 0 Å². The number of amides is 1. The van der Waals surface area contributed by atoms with Gasteiger partial charge in [-0.3, -0.25) is 0 Å². The van der Waals surface area contributed by atoms with Crippen LogP contribution in [0.5, 0.6) is 0 Å². The summed E-state index contributed by atoms with van der Waals surface area (Å²) >= 11 is -0.137. The van der Waals surface area contributed by atoms with Crippen molar-refractivity contribution >= 4 is 43.3 Å². The van der Waals surface area contributed by atoms with E-state index in [1.54, 1.807) is 6.07 Å². The number of nitrogens with zero attached hydrogens (tertiary/aromatic N) is 2. The van der Waals surface area contributed by atoms with Crippen LogP contribution in [0.3, 0.4) is 0 Å². The molecule has 2 heterocycles. The summed E-state index contributed by atoms with van der Waals surface area (Å²) in [6.07, 6.45) is 0. The first kappa shape index (κ1) is 12.5. The molecule has 0 radical (unpaired) electrons. The number of benzene rings is 2. The van der Waals surface area contributed by atoms with Gasteiger partial charge in [0, 0.05) is 0 Å². The third-order valence-electron chi connectivity index (χ3n) is 3.43. The van der Waals surface area contributed by atoms with Gasteiger partial charge in [0.1, 0.15) is 0 Å². The Morgan fingerprint density at radius 1 is 1.24 bits per heavy atom. The number of carbonyl (C=O) groups is 1. The summed E-state index contributed by atoms with van der Waals surface area (Å²) < 4.78 is 22.1. The third-order valence-corrected chi connectivity index (χ3v) is 4.57. The zero-order chi connectivity index (χ0) is 14.4. The van der Waals surface area contributed by atoms with E-state index in [-0.39, 0.29) is 26.7 Å². The van der Waals surface area contributed by atoms with Gasteiger partial charge in [0.2, 0.25) is 0 Å². The van der Waals surface area contributed by atoms with E-state index in [0.29, 0.717) is 11.3 Å². The fourth-order valence-electron chi connectivity index (χ4n) is 2.45. The van der Waals surface area contributed by atoms with Crippen molar-refractivity contribution in [1.82, 2.24) is 7.96 Å². The van der Waals surface area contributed by atoms with Gasteiger partial charge in [-0.25, -0.2) is 0 Å². The number of hydrogen-bond donors (Lipinski definition) is 2. The van der Waals surface area contributed by atoms with Crippen molar-refractivity contribution in [3.05, 3.63) is 47.8 Å². The van der Waals surface area contributed by atoms with Gasteiger partial charge in [0.15, 0.2) is 0 Å². The first-order valence-electron chi connectivity index (χ1n) is 6.30. The van der Waals surface area contributed by atoms with Crippen LogP contribution in [0, 0.1) is 5.82 Å². The monoisotopic (exact) mass is 348 g/mol. The first-order chi connectivity index (χ1) is 10.2. The van der Waals surface area contributed by atoms with Crippen LogP contribution in [-0.2, 0) is 4.79 Å². The van der Waals surface area contributed by atoms with Crippen molar-refractivity contribution in [2.75, 3.05) is 10.6 Å². The number of fused-ring (bicyclic) bond motifs is 2. The molecule has 0 saturated carbocycles. The SMILES string of the molecule is O=C1Nc2ccc(F)cc2C1Nc1cccc2n[se]nc12. The molecule has 104 valence electrons. The van der Waals surface area contributed by atoms with Crippen LogP contribution in [0.2, 0.25) is 0 Å². The Balaban J connectivity index is 1.77. The molecule has 2 aromatic carbocycles. The molecule has 2 N–H and O–H groups in total. The molecule has 4 rings (SSSR count). The van der Waals surface area contributed by atoms with Crippen LogP contribution in [0.15, 0.2) is 36.4 Å². The van der Waals surface area contributed by atoms with Crippen molar-refractivity contribution < 1.29 is 9.18 Å². The summed E-state index contributed by atoms with van der Waals surface area (Å²) in [6, 6.07) is 9.26. The van der Waals surface area contributed by atoms with Gasteiger partial charge in [-0.15, -0.1) is 0 Å². The van der Waals surface area contributed by atoms with Crippen LogP contribution in [0.1, 0.15) is 11.6 Å². The first-order valence-corrected chi connectivity index (χ1v) is 7.84. The standard InChI is InChI=1S/C14H9FN4OSe/c15-7-4-5-9-8(6-7)12(14(20)17-9)16-10-2-1-3-11-13(10)19-21-18-11/h1-6,12,16H,(H,17,20). The normalized spacial score (nSPS) is 16.8. The molecule has 1 atom stereocenters. The van der Waals surface area contributed by atoms with Crippen LogP contribution in [0.25, 0.3) is 11.0 Å². The topological polar surface area (TPSA) is 66.9 Å². The number of aromatic nitrogens is 2. The van der Waals surface area contributed by atoms with E-state index >= 15 is 0 Å². The average molecular weight is 347 g/mol. The van der Waals surface area contributed by atoms with Crippen LogP contribution < -0.4 is 10.6 Å². The van der Waals surface area contributed by atoms with Gasteiger partial charge in [-0.1, -0.05) is 0 Å². The molecule has 5 nitrogen and oxygen atoms in total. The van der Waals surface area contributed by atoms with Crippen molar-refractivity contribution in [1.29, 1.82) is 0 Å². The molecule has 1 aliphatic rings. The third kappa shape index (κ3) is 2.02. The Hall–Kier alpha value is -2.24. The van der Waals surface area contributed by atoms with E-state index in [0.717, 1.165) is 16.7 Å². The Bertz CT molecular complexity index is 863. The quantitative estimate of drug-likeness (QED) is 0.696. The average Bonchev–Trinajstić information content (AvgIpc) is 3.05. The van der Waals surface area contributed by atoms with Crippen LogP contribution >= 0.6 is 0 Å². The second-order valence-corrected chi connectivity index (χ2v) is 5.84. The molecule has 0 fully saturated rings. The number of hydrogen-bond acceptors (Lipinski definition) is 4. The second-order valence-electron chi connectivity index (χ2n) is 4.74. The summed E-state index contributed by atoms with van der Waals surface area (Å²) in [5, 5.41) is 5.90. The zero-order valence-corrected chi connectivity index (χ0v) is 12.3. The molecule has 1 aliphatic heterocycles. The molecule has 1 unspecified atom stereocenters. The summed E-state index contributed by atoms with van der Waals surface area (Å²) in [7, 11) is 0. The Morgan fingerprint density at radius 3 is 3.05 bits per heavy atom. The minimum atomic E-state index is -0.620. The second kappa shape index (κ2) is 4.65. The molecule has 3 aromatic rings. The molecule has 0 saturated heterocycles. The molecular formula is C14H9FN4OSe. The maximum atomic E-state index is 13.4. The predicted octanol–water partition coefficient (Wildman–Crippen LogP) is 1.93. The molecule has 0 bridgehead atoms. The van der Waals surface area contributed by atoms with Gasteiger partial charge in [0.25, 0.3) is 0 Å². The summed E-state index contributed by atoms with van der Waals surface area (Å²) in [5.41, 5.74) is 3.59. The van der Waals surface area contributed by atoms with Gasteiger partial charge < -0.3 is 0 Å². The van der Waals surface area contributed by atoms with E-state index in [2.05, 4.69) is 18.6 Å². The number of carbonyl (C=O) groups excluding carboxylic acids is 1. The fourth-order valence-corrected chi connectivity index (χ4v) is 3.61. The van der Waals surface area contributed by atoms with Crippen LogP contribution in [0.4, 0.5) is 15.8 Å². The Kier molecular flexibility index (Phi) is 2.77. The minimum absolute atomic E-state index is 0.137. The summed E-state index contributed by atoms with van der Waals surface area (Å²) in [5.74, 6) is -0.563. The zero-order valence-electron chi connectivity index (χ0n) is 10.6. The summed E-state index contributed by atoms with van der Waals surface area (Å²) in [4.78, 5) is 12.1. The van der Waals surface area contributed by atoms with Crippen LogP contribution in [-0.4, -0.2) is 28.8 Å². The number of halogens is 1.